The third-order valence-corrected chi connectivity index (χ3v) is 7.40. The SMILES string of the molecule is COc1cccc(/C(O)=C2\C(=O)C(=O)N(c3nc4ccccc4s3)C2c2ccc(C(C)(C)C)cc2)c1. The van der Waals surface area contributed by atoms with Gasteiger partial charge in [-0.15, -0.1) is 0 Å². The zero-order valence-corrected chi connectivity index (χ0v) is 21.3. The van der Waals surface area contributed by atoms with Gasteiger partial charge in [0.15, 0.2) is 5.13 Å². The van der Waals surface area contributed by atoms with Crippen LogP contribution in [0.4, 0.5) is 5.13 Å². The second-order valence-electron chi connectivity index (χ2n) is 9.74. The summed E-state index contributed by atoms with van der Waals surface area (Å²) in [5, 5.41) is 11.8. The number of ketones is 1. The molecule has 1 N–H and O–H groups in total. The number of aliphatic hydroxyl groups excluding tert-OH is 1. The molecule has 0 aliphatic carbocycles. The van der Waals surface area contributed by atoms with Gasteiger partial charge in [0.05, 0.1) is 28.9 Å². The van der Waals surface area contributed by atoms with Crippen LogP contribution in [-0.2, 0) is 15.0 Å². The maximum absolute atomic E-state index is 13.4. The number of hydrogen-bond donors (Lipinski definition) is 1. The molecule has 1 fully saturated rings. The lowest BCUT2D eigenvalue weighted by Crippen LogP contribution is -2.29. The van der Waals surface area contributed by atoms with Crippen molar-refractivity contribution in [3.63, 3.8) is 0 Å². The fraction of sp³-hybridized carbons (Fsp3) is 0.207. The van der Waals surface area contributed by atoms with E-state index in [0.29, 0.717) is 22.0 Å². The Labute approximate surface area is 213 Å². The van der Waals surface area contributed by atoms with Crippen molar-refractivity contribution in [1.29, 1.82) is 0 Å². The molecule has 4 aromatic rings. The first-order valence-electron chi connectivity index (χ1n) is 11.6. The zero-order valence-electron chi connectivity index (χ0n) is 20.5. The first-order valence-corrected chi connectivity index (χ1v) is 12.4. The number of carbonyl (C=O) groups excluding carboxylic acids is 2. The minimum absolute atomic E-state index is 0.0241. The molecule has 1 aromatic heterocycles. The molecule has 1 saturated heterocycles. The van der Waals surface area contributed by atoms with Gasteiger partial charge < -0.3 is 9.84 Å². The normalized spacial score (nSPS) is 17.7. The van der Waals surface area contributed by atoms with Crippen molar-refractivity contribution >= 4 is 44.1 Å². The van der Waals surface area contributed by atoms with Gasteiger partial charge in [-0.1, -0.05) is 80.6 Å². The minimum Gasteiger partial charge on any atom is -0.507 e. The predicted octanol–water partition coefficient (Wildman–Crippen LogP) is 6.23. The van der Waals surface area contributed by atoms with Crippen molar-refractivity contribution in [3.8, 4) is 5.75 Å². The number of nitrogens with zero attached hydrogens (tertiary/aromatic N) is 2. The van der Waals surface area contributed by atoms with Crippen LogP contribution < -0.4 is 9.64 Å². The van der Waals surface area contributed by atoms with Crippen molar-refractivity contribution in [1.82, 2.24) is 4.98 Å². The fourth-order valence-electron chi connectivity index (χ4n) is 4.40. The maximum atomic E-state index is 13.4. The first kappa shape index (κ1) is 23.8. The number of aromatic nitrogens is 1. The van der Waals surface area contributed by atoms with E-state index in [2.05, 4.69) is 25.8 Å². The largest absolute Gasteiger partial charge is 0.507 e. The quantitative estimate of drug-likeness (QED) is 0.205. The van der Waals surface area contributed by atoms with Crippen LogP contribution in [-0.4, -0.2) is 28.9 Å². The van der Waals surface area contributed by atoms with Crippen LogP contribution in [0.1, 0.15) is 43.5 Å². The van der Waals surface area contributed by atoms with Gasteiger partial charge >= 0.3 is 5.91 Å². The van der Waals surface area contributed by atoms with Gasteiger partial charge in [-0.05, 0) is 40.8 Å². The van der Waals surface area contributed by atoms with Gasteiger partial charge in [0.2, 0.25) is 0 Å². The molecule has 1 atom stereocenters. The van der Waals surface area contributed by atoms with Crippen molar-refractivity contribution in [2.75, 3.05) is 12.0 Å². The molecular formula is C29H26N2O4S. The van der Waals surface area contributed by atoms with E-state index in [0.717, 1.165) is 15.8 Å². The predicted molar refractivity (Wildman–Crippen MR) is 143 cm³/mol. The van der Waals surface area contributed by atoms with Gasteiger partial charge in [-0.25, -0.2) is 4.98 Å². The molecule has 1 amide bonds. The summed E-state index contributed by atoms with van der Waals surface area (Å²) in [6.07, 6.45) is 0. The molecule has 1 unspecified atom stereocenters. The highest BCUT2D eigenvalue weighted by molar-refractivity contribution is 7.22. The number of methoxy groups -OCH3 is 1. The van der Waals surface area contributed by atoms with Crippen LogP contribution >= 0.6 is 11.3 Å². The Morgan fingerprint density at radius 3 is 2.39 bits per heavy atom. The van der Waals surface area contributed by atoms with Crippen LogP contribution in [0.5, 0.6) is 5.75 Å². The third-order valence-electron chi connectivity index (χ3n) is 6.37. The Kier molecular flexibility index (Phi) is 5.88. The Hall–Kier alpha value is -3.97. The number of hydrogen-bond acceptors (Lipinski definition) is 6. The van der Waals surface area contributed by atoms with Crippen LogP contribution in [0.25, 0.3) is 16.0 Å². The monoisotopic (exact) mass is 498 g/mol. The second-order valence-corrected chi connectivity index (χ2v) is 10.7. The molecule has 0 saturated carbocycles. The van der Waals surface area contributed by atoms with E-state index in [1.807, 2.05) is 48.5 Å². The highest BCUT2D eigenvalue weighted by Crippen LogP contribution is 2.44. The molecule has 7 heteroatoms. The average Bonchev–Trinajstić information content (AvgIpc) is 3.41. The number of para-hydroxylation sites is 1. The molecule has 5 rings (SSSR count). The van der Waals surface area contributed by atoms with E-state index in [1.54, 1.807) is 24.3 Å². The summed E-state index contributed by atoms with van der Waals surface area (Å²) in [6, 6.07) is 21.4. The third kappa shape index (κ3) is 4.05. The summed E-state index contributed by atoms with van der Waals surface area (Å²) in [7, 11) is 1.53. The van der Waals surface area contributed by atoms with Crippen LogP contribution in [0.15, 0.2) is 78.4 Å². The van der Waals surface area contributed by atoms with Crippen LogP contribution in [0.3, 0.4) is 0 Å². The number of rotatable bonds is 4. The molecule has 3 aromatic carbocycles. The van der Waals surface area contributed by atoms with Crippen molar-refractivity contribution in [2.45, 2.75) is 32.2 Å². The van der Waals surface area contributed by atoms with Gasteiger partial charge in [-0.3, -0.25) is 14.5 Å². The molecule has 36 heavy (non-hydrogen) atoms. The average molecular weight is 499 g/mol. The summed E-state index contributed by atoms with van der Waals surface area (Å²) in [5.41, 5.74) is 2.94. The Morgan fingerprint density at radius 2 is 1.72 bits per heavy atom. The number of Topliss-reactive ketones (excluding diaryl/α,β-unsaturated/α-hetero) is 1. The van der Waals surface area contributed by atoms with Gasteiger partial charge in [0.1, 0.15) is 11.5 Å². The molecule has 0 spiro atoms. The van der Waals surface area contributed by atoms with E-state index in [-0.39, 0.29) is 16.7 Å². The lowest BCUT2D eigenvalue weighted by atomic mass is 9.85. The number of fused-ring (bicyclic) bond motifs is 1. The van der Waals surface area contributed by atoms with Crippen molar-refractivity contribution in [2.24, 2.45) is 0 Å². The van der Waals surface area contributed by atoms with Crippen LogP contribution in [0.2, 0.25) is 0 Å². The van der Waals surface area contributed by atoms with Gasteiger partial charge in [0.25, 0.3) is 5.78 Å². The molecule has 1 aliphatic rings. The highest BCUT2D eigenvalue weighted by Gasteiger charge is 2.48. The lowest BCUT2D eigenvalue weighted by molar-refractivity contribution is -0.132. The number of aliphatic hydroxyl groups is 1. The fourth-order valence-corrected chi connectivity index (χ4v) is 5.39. The van der Waals surface area contributed by atoms with Gasteiger partial charge in [-0.2, -0.15) is 0 Å². The minimum atomic E-state index is -0.828. The molecule has 6 nitrogen and oxygen atoms in total. The number of ether oxygens (including phenoxy) is 1. The summed E-state index contributed by atoms with van der Waals surface area (Å²) in [4.78, 5) is 32.9. The van der Waals surface area contributed by atoms with E-state index in [9.17, 15) is 14.7 Å². The van der Waals surface area contributed by atoms with Gasteiger partial charge in [0, 0.05) is 5.56 Å². The second kappa shape index (κ2) is 8.91. The van der Waals surface area contributed by atoms with E-state index in [1.165, 1.54) is 23.3 Å². The number of amides is 1. The molecular weight excluding hydrogens is 472 g/mol. The number of thiazole rings is 1. The number of benzene rings is 3. The molecule has 0 bridgehead atoms. The topological polar surface area (TPSA) is 79.7 Å². The Balaban J connectivity index is 1.72. The van der Waals surface area contributed by atoms with E-state index >= 15 is 0 Å². The summed E-state index contributed by atoms with van der Waals surface area (Å²) >= 11 is 1.34. The van der Waals surface area contributed by atoms with Crippen LogP contribution in [0, 0.1) is 0 Å². The highest BCUT2D eigenvalue weighted by atomic mass is 32.1. The molecule has 2 heterocycles. The molecule has 1 aliphatic heterocycles. The Bertz CT molecular complexity index is 1480. The molecule has 0 radical (unpaired) electrons. The first-order chi connectivity index (χ1) is 17.2. The van der Waals surface area contributed by atoms with Crippen molar-refractivity contribution in [3.05, 3.63) is 95.1 Å². The van der Waals surface area contributed by atoms with E-state index < -0.39 is 17.7 Å². The summed E-state index contributed by atoms with van der Waals surface area (Å²) < 4.78 is 6.20. The standard InChI is InChI=1S/C29H26N2O4S/c1-29(2,3)19-14-12-17(13-15-19)24-23(25(32)18-8-7-9-20(16-18)35-4)26(33)27(34)31(24)28-30-21-10-5-6-11-22(21)36-28/h5-16,24,32H,1-4H3/b25-23+. The Morgan fingerprint density at radius 1 is 1.00 bits per heavy atom. The number of carbonyl (C=O) groups is 2. The summed E-state index contributed by atoms with van der Waals surface area (Å²) in [5.74, 6) is -1.19. The lowest BCUT2D eigenvalue weighted by Gasteiger charge is -2.24. The zero-order chi connectivity index (χ0) is 25.6. The van der Waals surface area contributed by atoms with Crippen molar-refractivity contribution < 1.29 is 19.4 Å². The summed E-state index contributed by atoms with van der Waals surface area (Å²) in [6.45, 7) is 6.37. The smallest absolute Gasteiger partial charge is 0.301 e. The maximum Gasteiger partial charge on any atom is 0.301 e. The molecule has 182 valence electrons. The number of anilines is 1. The van der Waals surface area contributed by atoms with E-state index in [4.69, 9.17) is 4.74 Å².